The Morgan fingerprint density at radius 1 is 0.889 bits per heavy atom. The number of piperidine rings is 1. The van der Waals surface area contributed by atoms with Crippen molar-refractivity contribution < 1.29 is 9.59 Å². The van der Waals surface area contributed by atoms with Crippen LogP contribution in [0, 0.1) is 11.8 Å². The highest BCUT2D eigenvalue weighted by atomic mass is 16.2. The van der Waals surface area contributed by atoms with Crippen LogP contribution in [0.25, 0.3) is 0 Å². The van der Waals surface area contributed by atoms with E-state index in [1.165, 1.54) is 12.8 Å². The normalized spacial score (nSPS) is 25.6. The summed E-state index contributed by atoms with van der Waals surface area (Å²) in [6, 6.07) is 7.30. The van der Waals surface area contributed by atoms with Gasteiger partial charge in [0.1, 0.15) is 0 Å². The van der Waals surface area contributed by atoms with Gasteiger partial charge in [-0.1, -0.05) is 12.8 Å². The molecule has 4 rings (SSSR count). The molecule has 2 N–H and O–H groups in total. The lowest BCUT2D eigenvalue weighted by Crippen LogP contribution is -2.45. The van der Waals surface area contributed by atoms with Crippen molar-refractivity contribution in [2.24, 2.45) is 11.8 Å². The highest BCUT2D eigenvalue weighted by Crippen LogP contribution is 2.27. The van der Waals surface area contributed by atoms with Crippen molar-refractivity contribution >= 4 is 17.6 Å². The summed E-state index contributed by atoms with van der Waals surface area (Å²) in [5.74, 6) is 1.40. The molecule has 1 aromatic rings. The van der Waals surface area contributed by atoms with Crippen LogP contribution in [-0.4, -0.2) is 61.0 Å². The minimum absolute atomic E-state index is 0.0352. The van der Waals surface area contributed by atoms with Crippen LogP contribution in [0.4, 0.5) is 10.5 Å². The largest absolute Gasteiger partial charge is 0.339 e. The number of fused-ring (bicyclic) bond motifs is 1. The fourth-order valence-corrected chi connectivity index (χ4v) is 4.57. The molecule has 0 radical (unpaired) electrons. The van der Waals surface area contributed by atoms with E-state index in [0.717, 1.165) is 70.1 Å². The first-order chi connectivity index (χ1) is 13.2. The van der Waals surface area contributed by atoms with Crippen LogP contribution in [0.15, 0.2) is 24.3 Å². The molecule has 6 nitrogen and oxygen atoms in total. The van der Waals surface area contributed by atoms with Crippen molar-refractivity contribution in [2.45, 2.75) is 32.1 Å². The molecule has 146 valence electrons. The smallest absolute Gasteiger partial charge is 0.321 e. The van der Waals surface area contributed by atoms with Gasteiger partial charge in [-0.2, -0.15) is 0 Å². The van der Waals surface area contributed by atoms with Crippen molar-refractivity contribution in [2.75, 3.05) is 44.6 Å². The van der Waals surface area contributed by atoms with Gasteiger partial charge >= 0.3 is 6.03 Å². The van der Waals surface area contributed by atoms with Crippen molar-refractivity contribution in [1.82, 2.24) is 15.1 Å². The highest BCUT2D eigenvalue weighted by molar-refractivity contribution is 5.95. The zero-order chi connectivity index (χ0) is 18.6. The number of urea groups is 1. The lowest BCUT2D eigenvalue weighted by atomic mass is 9.89. The second kappa shape index (κ2) is 8.30. The molecule has 0 aromatic heterocycles. The highest BCUT2D eigenvalue weighted by Gasteiger charge is 2.34. The lowest BCUT2D eigenvalue weighted by molar-refractivity contribution is 0.0761. The van der Waals surface area contributed by atoms with Gasteiger partial charge in [-0.3, -0.25) is 4.79 Å². The predicted octanol–water partition coefficient (Wildman–Crippen LogP) is 2.78. The number of hydrogen-bond acceptors (Lipinski definition) is 3. The SMILES string of the molecule is O=C(Nc1ccc(C(=O)N2CCCCCC2)cc1)N1CC[C@@H]2CNC[C@@H]2C1. The van der Waals surface area contributed by atoms with Gasteiger partial charge in [0.15, 0.2) is 0 Å². The summed E-state index contributed by atoms with van der Waals surface area (Å²) in [6.45, 7) is 5.45. The molecule has 0 saturated carbocycles. The van der Waals surface area contributed by atoms with Crippen molar-refractivity contribution in [3.8, 4) is 0 Å². The maximum Gasteiger partial charge on any atom is 0.321 e. The van der Waals surface area contributed by atoms with Gasteiger partial charge in [0.2, 0.25) is 0 Å². The van der Waals surface area contributed by atoms with E-state index in [2.05, 4.69) is 10.6 Å². The molecule has 0 bridgehead atoms. The number of carbonyl (C=O) groups is 2. The molecular weight excluding hydrogens is 340 g/mol. The van der Waals surface area contributed by atoms with Crippen LogP contribution < -0.4 is 10.6 Å². The van der Waals surface area contributed by atoms with E-state index in [-0.39, 0.29) is 11.9 Å². The van der Waals surface area contributed by atoms with E-state index < -0.39 is 0 Å². The summed E-state index contributed by atoms with van der Waals surface area (Å²) < 4.78 is 0. The van der Waals surface area contributed by atoms with E-state index >= 15 is 0 Å². The number of nitrogens with zero attached hydrogens (tertiary/aromatic N) is 2. The van der Waals surface area contributed by atoms with E-state index in [4.69, 9.17) is 0 Å². The summed E-state index contributed by atoms with van der Waals surface area (Å²) in [5.41, 5.74) is 1.45. The molecule has 3 fully saturated rings. The third kappa shape index (κ3) is 4.26. The number of hydrogen-bond donors (Lipinski definition) is 2. The first kappa shape index (κ1) is 18.3. The van der Waals surface area contributed by atoms with Gasteiger partial charge in [0.25, 0.3) is 5.91 Å². The molecule has 3 aliphatic heterocycles. The Labute approximate surface area is 161 Å². The lowest BCUT2D eigenvalue weighted by Gasteiger charge is -2.34. The van der Waals surface area contributed by atoms with Gasteiger partial charge in [0.05, 0.1) is 0 Å². The van der Waals surface area contributed by atoms with Crippen LogP contribution in [0.3, 0.4) is 0 Å². The summed E-state index contributed by atoms with van der Waals surface area (Å²) in [4.78, 5) is 29.1. The zero-order valence-corrected chi connectivity index (χ0v) is 16.0. The predicted molar refractivity (Wildman–Crippen MR) is 106 cm³/mol. The van der Waals surface area contributed by atoms with Crippen LogP contribution >= 0.6 is 0 Å². The molecule has 2 atom stereocenters. The number of anilines is 1. The second-order valence-electron chi connectivity index (χ2n) is 8.13. The molecule has 1 aromatic carbocycles. The van der Waals surface area contributed by atoms with E-state index in [9.17, 15) is 9.59 Å². The van der Waals surface area contributed by atoms with Crippen LogP contribution in [0.1, 0.15) is 42.5 Å². The van der Waals surface area contributed by atoms with Gasteiger partial charge in [-0.25, -0.2) is 4.79 Å². The summed E-state index contributed by atoms with van der Waals surface area (Å²) in [7, 11) is 0. The average Bonchev–Trinajstić information content (AvgIpc) is 3.00. The fourth-order valence-electron chi connectivity index (χ4n) is 4.57. The molecule has 3 saturated heterocycles. The number of likely N-dealkylation sites (tertiary alicyclic amines) is 2. The van der Waals surface area contributed by atoms with Crippen LogP contribution in [0.5, 0.6) is 0 Å². The first-order valence-electron chi connectivity index (χ1n) is 10.4. The first-order valence-corrected chi connectivity index (χ1v) is 10.4. The molecule has 0 spiro atoms. The summed E-state index contributed by atoms with van der Waals surface area (Å²) in [5, 5.41) is 6.42. The van der Waals surface area contributed by atoms with E-state index in [1.807, 2.05) is 34.1 Å². The maximum absolute atomic E-state index is 12.7. The Morgan fingerprint density at radius 2 is 1.59 bits per heavy atom. The standard InChI is InChI=1S/C21H30N4O2/c26-20(24-10-3-1-2-4-11-24)16-5-7-19(8-6-16)23-21(27)25-12-9-17-13-22-14-18(17)15-25/h5-8,17-18,22H,1-4,9-15H2,(H,23,27)/t17-,18-/m1/s1. The third-order valence-electron chi connectivity index (χ3n) is 6.27. The average molecular weight is 370 g/mol. The van der Waals surface area contributed by atoms with Gasteiger partial charge in [0, 0.05) is 37.4 Å². The quantitative estimate of drug-likeness (QED) is 0.841. The molecule has 3 heterocycles. The minimum Gasteiger partial charge on any atom is -0.339 e. The van der Waals surface area contributed by atoms with Gasteiger partial charge < -0.3 is 20.4 Å². The molecule has 0 unspecified atom stereocenters. The Morgan fingerprint density at radius 3 is 2.33 bits per heavy atom. The zero-order valence-electron chi connectivity index (χ0n) is 16.0. The number of benzene rings is 1. The van der Waals surface area contributed by atoms with Gasteiger partial charge in [-0.05, 0) is 68.5 Å². The number of carbonyl (C=O) groups excluding carboxylic acids is 2. The van der Waals surface area contributed by atoms with Crippen molar-refractivity contribution in [3.63, 3.8) is 0 Å². The van der Waals surface area contributed by atoms with Crippen LogP contribution in [0.2, 0.25) is 0 Å². The Bertz CT molecular complexity index is 667. The monoisotopic (exact) mass is 370 g/mol. The van der Waals surface area contributed by atoms with E-state index in [0.29, 0.717) is 11.5 Å². The topological polar surface area (TPSA) is 64.7 Å². The van der Waals surface area contributed by atoms with Gasteiger partial charge in [-0.15, -0.1) is 0 Å². The van der Waals surface area contributed by atoms with Crippen LogP contribution in [-0.2, 0) is 0 Å². The number of rotatable bonds is 2. The number of nitrogens with one attached hydrogen (secondary N) is 2. The molecule has 3 aliphatic rings. The van der Waals surface area contributed by atoms with E-state index in [1.54, 1.807) is 0 Å². The molecular formula is C21H30N4O2. The fraction of sp³-hybridized carbons (Fsp3) is 0.619. The Kier molecular flexibility index (Phi) is 5.62. The van der Waals surface area contributed by atoms with Crippen molar-refractivity contribution in [3.05, 3.63) is 29.8 Å². The summed E-state index contributed by atoms with van der Waals surface area (Å²) in [6.07, 6.45) is 5.68. The minimum atomic E-state index is -0.0352. The maximum atomic E-state index is 12.7. The molecule has 3 amide bonds. The van der Waals surface area contributed by atoms with Crippen molar-refractivity contribution in [1.29, 1.82) is 0 Å². The molecule has 0 aliphatic carbocycles. The molecule has 27 heavy (non-hydrogen) atoms. The Hall–Kier alpha value is -2.08. The second-order valence-corrected chi connectivity index (χ2v) is 8.13. The summed E-state index contributed by atoms with van der Waals surface area (Å²) >= 11 is 0. The Balaban J connectivity index is 1.33. The third-order valence-corrected chi connectivity index (χ3v) is 6.27. The number of amides is 3. The molecule has 6 heteroatoms.